The van der Waals surface area contributed by atoms with Crippen molar-refractivity contribution in [1.29, 1.82) is 0 Å². The molecule has 5 heterocycles. The molecule has 0 amide bonds. The lowest BCUT2D eigenvalue weighted by molar-refractivity contribution is 1.10. The van der Waals surface area contributed by atoms with Gasteiger partial charge in [0.25, 0.3) is 0 Å². The third kappa shape index (κ3) is 3.92. The first-order chi connectivity index (χ1) is 16.0. The minimum Gasteiger partial charge on any atom is -0.402 e. The molecule has 7 nitrogen and oxygen atoms in total. The maximum absolute atomic E-state index is 5.96. The third-order valence-corrected chi connectivity index (χ3v) is 5.33. The van der Waals surface area contributed by atoms with Gasteiger partial charge in [0, 0.05) is 52.4 Å². The standard InChI is InChI=1S/C26H23N7/c1-15(2)8-18(9-16(3)27)19-10-21-25(32-33-26(21)30-12-19)23-11-20-22(13-29-14-24(20)31-23)17-4-6-28-7-5-17/h4-14,31H,1,27H2,2-3H3,(H,30,32,33)/b16-9+,18-8+. The van der Waals surface area contributed by atoms with Gasteiger partial charge < -0.3 is 10.7 Å². The molecule has 4 N–H and O–H groups in total. The van der Waals surface area contributed by atoms with Crippen LogP contribution in [-0.2, 0) is 0 Å². The van der Waals surface area contributed by atoms with Gasteiger partial charge in [0.1, 0.15) is 0 Å². The molecule has 0 aromatic carbocycles. The van der Waals surface area contributed by atoms with Crippen LogP contribution in [0.4, 0.5) is 0 Å². The highest BCUT2D eigenvalue weighted by atomic mass is 15.2. The van der Waals surface area contributed by atoms with Crippen LogP contribution in [-0.4, -0.2) is 30.1 Å². The molecule has 0 bridgehead atoms. The van der Waals surface area contributed by atoms with Gasteiger partial charge in [-0.05, 0) is 55.3 Å². The van der Waals surface area contributed by atoms with Gasteiger partial charge in [-0.1, -0.05) is 18.2 Å². The number of pyridine rings is 3. The highest BCUT2D eigenvalue weighted by Gasteiger charge is 2.15. The van der Waals surface area contributed by atoms with Crippen molar-refractivity contribution in [1.82, 2.24) is 30.1 Å². The fourth-order valence-corrected chi connectivity index (χ4v) is 3.93. The van der Waals surface area contributed by atoms with E-state index in [-0.39, 0.29) is 0 Å². The first-order valence-electron chi connectivity index (χ1n) is 10.5. The molecule has 5 rings (SSSR count). The van der Waals surface area contributed by atoms with Crippen molar-refractivity contribution in [2.24, 2.45) is 5.73 Å². The molecule has 0 atom stereocenters. The number of hydrogen-bond acceptors (Lipinski definition) is 5. The lowest BCUT2D eigenvalue weighted by Crippen LogP contribution is -1.93. The number of fused-ring (bicyclic) bond motifs is 2. The number of nitrogens with two attached hydrogens (primary N) is 1. The zero-order chi connectivity index (χ0) is 22.9. The van der Waals surface area contributed by atoms with Gasteiger partial charge in [0.05, 0.1) is 23.1 Å². The molecular weight excluding hydrogens is 410 g/mol. The van der Waals surface area contributed by atoms with E-state index >= 15 is 0 Å². The van der Waals surface area contributed by atoms with E-state index in [1.807, 2.05) is 50.5 Å². The van der Waals surface area contributed by atoms with Gasteiger partial charge in [-0.15, -0.1) is 0 Å². The molecule has 0 aliphatic heterocycles. The van der Waals surface area contributed by atoms with Crippen molar-refractivity contribution in [3.05, 3.63) is 90.8 Å². The molecule has 0 saturated heterocycles. The lowest BCUT2D eigenvalue weighted by Gasteiger charge is -2.05. The van der Waals surface area contributed by atoms with Crippen LogP contribution in [0.15, 0.2) is 85.3 Å². The summed E-state index contributed by atoms with van der Waals surface area (Å²) in [6.45, 7) is 7.82. The van der Waals surface area contributed by atoms with Crippen molar-refractivity contribution in [2.75, 3.05) is 0 Å². The van der Waals surface area contributed by atoms with E-state index in [0.29, 0.717) is 11.3 Å². The number of H-pyrrole nitrogens is 2. The minimum atomic E-state index is 0.642. The van der Waals surface area contributed by atoms with Gasteiger partial charge in [-0.2, -0.15) is 5.10 Å². The first kappa shape index (κ1) is 20.4. The number of nitrogens with one attached hydrogen (secondary N) is 2. The maximum Gasteiger partial charge on any atom is 0.181 e. The Morgan fingerprint density at radius 1 is 1.00 bits per heavy atom. The monoisotopic (exact) mass is 433 g/mol. The van der Waals surface area contributed by atoms with E-state index in [4.69, 9.17) is 5.73 Å². The Hall–Kier alpha value is -4.52. The second kappa shape index (κ2) is 8.20. The second-order valence-corrected chi connectivity index (χ2v) is 8.10. The van der Waals surface area contributed by atoms with Crippen LogP contribution in [0.25, 0.3) is 50.0 Å². The van der Waals surface area contributed by atoms with E-state index in [1.165, 1.54) is 0 Å². The Balaban J connectivity index is 1.66. The Kier molecular flexibility index (Phi) is 5.06. The Labute approximate surface area is 190 Å². The van der Waals surface area contributed by atoms with E-state index in [9.17, 15) is 0 Å². The largest absolute Gasteiger partial charge is 0.402 e. The normalized spacial score (nSPS) is 12.5. The average molecular weight is 434 g/mol. The molecule has 162 valence electrons. The molecule has 0 fully saturated rings. The highest BCUT2D eigenvalue weighted by Crippen LogP contribution is 2.33. The zero-order valence-corrected chi connectivity index (χ0v) is 18.4. The number of hydrogen-bond donors (Lipinski definition) is 3. The number of allylic oxidation sites excluding steroid dienone is 5. The molecule has 0 aliphatic carbocycles. The summed E-state index contributed by atoms with van der Waals surface area (Å²) in [6.07, 6.45) is 13.0. The lowest BCUT2D eigenvalue weighted by atomic mass is 10.0. The van der Waals surface area contributed by atoms with E-state index < -0.39 is 0 Å². The van der Waals surface area contributed by atoms with Gasteiger partial charge in [-0.25, -0.2) is 4.98 Å². The predicted octanol–water partition coefficient (Wildman–Crippen LogP) is 5.39. The molecular formula is C26H23N7. The van der Waals surface area contributed by atoms with E-state index in [0.717, 1.165) is 55.5 Å². The second-order valence-electron chi connectivity index (χ2n) is 8.10. The van der Waals surface area contributed by atoms with Crippen LogP contribution in [0.5, 0.6) is 0 Å². The average Bonchev–Trinajstić information content (AvgIpc) is 3.42. The van der Waals surface area contributed by atoms with Crippen molar-refractivity contribution < 1.29 is 0 Å². The molecule has 5 aromatic rings. The van der Waals surface area contributed by atoms with Crippen LogP contribution in [0.1, 0.15) is 19.4 Å². The van der Waals surface area contributed by atoms with Gasteiger partial charge >= 0.3 is 0 Å². The Morgan fingerprint density at radius 2 is 1.82 bits per heavy atom. The molecule has 0 unspecified atom stereocenters. The summed E-state index contributed by atoms with van der Waals surface area (Å²) < 4.78 is 0. The summed E-state index contributed by atoms with van der Waals surface area (Å²) in [5.41, 5.74) is 14.9. The SMILES string of the molecule is C=C(C)/C=C(\C=C(/C)N)c1cnc2n[nH]c(-c3cc4c(-c5ccncc5)cncc4[nH]3)c2c1. The number of rotatable bonds is 5. The van der Waals surface area contributed by atoms with E-state index in [1.54, 1.807) is 18.6 Å². The predicted molar refractivity (Wildman–Crippen MR) is 133 cm³/mol. The van der Waals surface area contributed by atoms with Crippen LogP contribution in [0, 0.1) is 0 Å². The van der Waals surface area contributed by atoms with Crippen LogP contribution < -0.4 is 5.73 Å². The number of nitrogens with zero attached hydrogens (tertiary/aromatic N) is 4. The molecule has 0 saturated carbocycles. The van der Waals surface area contributed by atoms with Gasteiger partial charge in [0.15, 0.2) is 5.65 Å². The molecule has 5 aromatic heterocycles. The quantitative estimate of drug-likeness (QED) is 0.322. The summed E-state index contributed by atoms with van der Waals surface area (Å²) in [6, 6.07) is 8.14. The van der Waals surface area contributed by atoms with Crippen LogP contribution in [0.2, 0.25) is 0 Å². The fourth-order valence-electron chi connectivity index (χ4n) is 3.93. The molecule has 0 radical (unpaired) electrons. The molecule has 7 heteroatoms. The Morgan fingerprint density at radius 3 is 2.58 bits per heavy atom. The van der Waals surface area contributed by atoms with Crippen molar-refractivity contribution in [3.63, 3.8) is 0 Å². The minimum absolute atomic E-state index is 0.642. The van der Waals surface area contributed by atoms with Crippen molar-refractivity contribution in [2.45, 2.75) is 13.8 Å². The van der Waals surface area contributed by atoms with Crippen molar-refractivity contribution in [3.8, 4) is 22.5 Å². The summed E-state index contributed by atoms with van der Waals surface area (Å²) in [5.74, 6) is 0. The summed E-state index contributed by atoms with van der Waals surface area (Å²) in [5, 5.41) is 9.54. The van der Waals surface area contributed by atoms with Gasteiger partial charge in [-0.3, -0.25) is 15.1 Å². The molecule has 0 aliphatic rings. The topological polar surface area (TPSA) is 109 Å². The highest BCUT2D eigenvalue weighted by molar-refractivity contribution is 6.00. The number of aromatic amines is 2. The third-order valence-electron chi connectivity index (χ3n) is 5.33. The summed E-state index contributed by atoms with van der Waals surface area (Å²) in [7, 11) is 0. The molecule has 33 heavy (non-hydrogen) atoms. The van der Waals surface area contributed by atoms with Crippen LogP contribution >= 0.6 is 0 Å². The molecule has 0 spiro atoms. The van der Waals surface area contributed by atoms with Crippen LogP contribution in [0.3, 0.4) is 0 Å². The van der Waals surface area contributed by atoms with Gasteiger partial charge in [0.2, 0.25) is 0 Å². The summed E-state index contributed by atoms with van der Waals surface area (Å²) in [4.78, 5) is 16.6. The van der Waals surface area contributed by atoms with Crippen molar-refractivity contribution >= 4 is 27.5 Å². The smallest absolute Gasteiger partial charge is 0.181 e. The van der Waals surface area contributed by atoms with E-state index in [2.05, 4.69) is 48.8 Å². The fraction of sp³-hybridized carbons (Fsp3) is 0.0769. The number of aromatic nitrogens is 6. The zero-order valence-electron chi connectivity index (χ0n) is 18.4. The Bertz CT molecular complexity index is 1550. The maximum atomic E-state index is 5.96. The first-order valence-corrected chi connectivity index (χ1v) is 10.5. The summed E-state index contributed by atoms with van der Waals surface area (Å²) >= 11 is 0.